The van der Waals surface area contributed by atoms with Gasteiger partial charge in [-0.15, -0.1) is 0 Å². The van der Waals surface area contributed by atoms with Crippen LogP contribution in [-0.4, -0.2) is 6.29 Å². The van der Waals surface area contributed by atoms with Gasteiger partial charge in [0.25, 0.3) is 0 Å². The van der Waals surface area contributed by atoms with Gasteiger partial charge in [-0.2, -0.15) is 0 Å². The Labute approximate surface area is 79.1 Å². The van der Waals surface area contributed by atoms with Crippen LogP contribution in [0.3, 0.4) is 0 Å². The van der Waals surface area contributed by atoms with Gasteiger partial charge in [0.1, 0.15) is 6.29 Å². The molecule has 0 fully saturated rings. The highest BCUT2D eigenvalue weighted by Crippen LogP contribution is 2.05. The molecule has 0 unspecified atom stereocenters. The molecule has 0 radical (unpaired) electrons. The van der Waals surface area contributed by atoms with Crippen molar-refractivity contribution in [1.82, 2.24) is 0 Å². The van der Waals surface area contributed by atoms with E-state index in [0.29, 0.717) is 0 Å². The van der Waals surface area contributed by atoms with E-state index in [1.165, 1.54) is 11.1 Å². The molecule has 1 rings (SSSR count). The zero-order valence-corrected chi connectivity index (χ0v) is 8.08. The predicted molar refractivity (Wildman–Crippen MR) is 54.7 cm³/mol. The first-order valence-electron chi connectivity index (χ1n) is 4.40. The third-order valence-electron chi connectivity index (χ3n) is 1.97. The second-order valence-corrected chi connectivity index (χ2v) is 3.26. The molecule has 13 heavy (non-hydrogen) atoms. The maximum atomic E-state index is 10.3. The molecule has 0 aliphatic heterocycles. The molecular formula is C12H14O. The lowest BCUT2D eigenvalue weighted by molar-refractivity contribution is -0.104. The number of carbonyl (C=O) groups is 1. The molecule has 0 N–H and O–H groups in total. The molecule has 0 aliphatic rings. The topological polar surface area (TPSA) is 17.1 Å². The summed E-state index contributed by atoms with van der Waals surface area (Å²) in [5.74, 6) is 0. The molecule has 0 spiro atoms. The molecule has 0 heterocycles. The molecule has 1 heteroatoms. The maximum Gasteiger partial charge on any atom is 0.145 e. The van der Waals surface area contributed by atoms with E-state index in [-0.39, 0.29) is 0 Å². The highest BCUT2D eigenvalue weighted by atomic mass is 16.1. The molecule has 1 aromatic carbocycles. The van der Waals surface area contributed by atoms with Crippen molar-refractivity contribution in [3.63, 3.8) is 0 Å². The van der Waals surface area contributed by atoms with Gasteiger partial charge in [0.05, 0.1) is 0 Å². The van der Waals surface area contributed by atoms with Crippen LogP contribution >= 0.6 is 0 Å². The minimum absolute atomic E-state index is 0.792. The van der Waals surface area contributed by atoms with Crippen molar-refractivity contribution in [3.8, 4) is 0 Å². The summed E-state index contributed by atoms with van der Waals surface area (Å²) in [6.07, 6.45) is 3.66. The number of allylic oxidation sites excluding steroid dienone is 2. The summed E-state index contributed by atoms with van der Waals surface area (Å²) < 4.78 is 0. The Morgan fingerprint density at radius 1 is 1.31 bits per heavy atom. The van der Waals surface area contributed by atoms with Crippen molar-refractivity contribution in [2.24, 2.45) is 0 Å². The van der Waals surface area contributed by atoms with Crippen LogP contribution in [0.4, 0.5) is 0 Å². The Morgan fingerprint density at radius 3 is 2.46 bits per heavy atom. The quantitative estimate of drug-likeness (QED) is 0.508. The Balaban J connectivity index is 2.65. The number of hydrogen-bond acceptors (Lipinski definition) is 1. The summed E-state index contributed by atoms with van der Waals surface area (Å²) in [6, 6.07) is 8.34. The van der Waals surface area contributed by atoms with Crippen molar-refractivity contribution >= 4 is 6.29 Å². The van der Waals surface area contributed by atoms with E-state index >= 15 is 0 Å². The largest absolute Gasteiger partial charge is 0.298 e. The number of rotatable bonds is 3. The molecule has 68 valence electrons. The molecule has 1 nitrogen and oxygen atoms in total. The van der Waals surface area contributed by atoms with Crippen LogP contribution in [0.25, 0.3) is 0 Å². The standard InChI is InChI=1S/C12H14O/c1-10-3-6-12(7-4-10)8-5-11(2)9-13/h3-7,9H,8H2,1-2H3. The average Bonchev–Trinajstić information content (AvgIpc) is 2.16. The average molecular weight is 174 g/mol. The lowest BCUT2D eigenvalue weighted by atomic mass is 10.1. The summed E-state index contributed by atoms with van der Waals surface area (Å²) in [4.78, 5) is 10.3. The van der Waals surface area contributed by atoms with E-state index in [0.717, 1.165) is 18.3 Å². The predicted octanol–water partition coefficient (Wildman–Crippen LogP) is 2.68. The summed E-state index contributed by atoms with van der Waals surface area (Å²) >= 11 is 0. The smallest absolute Gasteiger partial charge is 0.145 e. The van der Waals surface area contributed by atoms with Gasteiger partial charge >= 0.3 is 0 Å². The van der Waals surface area contributed by atoms with Gasteiger partial charge in [-0.05, 0) is 31.4 Å². The summed E-state index contributed by atoms with van der Waals surface area (Å²) in [5.41, 5.74) is 3.30. The van der Waals surface area contributed by atoms with Crippen LogP contribution in [0.2, 0.25) is 0 Å². The number of aryl methyl sites for hydroxylation is 1. The van der Waals surface area contributed by atoms with Crippen molar-refractivity contribution in [2.45, 2.75) is 20.3 Å². The van der Waals surface area contributed by atoms with Crippen molar-refractivity contribution in [1.29, 1.82) is 0 Å². The molecular weight excluding hydrogens is 160 g/mol. The Kier molecular flexibility index (Phi) is 3.44. The zero-order valence-electron chi connectivity index (χ0n) is 8.08. The lowest BCUT2D eigenvalue weighted by Crippen LogP contribution is -1.84. The molecule has 0 bridgehead atoms. The summed E-state index contributed by atoms with van der Waals surface area (Å²) in [5, 5.41) is 0. The monoisotopic (exact) mass is 174 g/mol. The van der Waals surface area contributed by atoms with Gasteiger partial charge in [0.2, 0.25) is 0 Å². The first-order chi connectivity index (χ1) is 6.22. The van der Waals surface area contributed by atoms with Crippen molar-refractivity contribution < 1.29 is 4.79 Å². The Morgan fingerprint density at radius 2 is 1.92 bits per heavy atom. The van der Waals surface area contributed by atoms with E-state index in [4.69, 9.17) is 0 Å². The van der Waals surface area contributed by atoms with Gasteiger partial charge < -0.3 is 0 Å². The second-order valence-electron chi connectivity index (χ2n) is 3.26. The highest BCUT2D eigenvalue weighted by molar-refractivity contribution is 5.72. The minimum Gasteiger partial charge on any atom is -0.298 e. The highest BCUT2D eigenvalue weighted by Gasteiger charge is 1.90. The van der Waals surface area contributed by atoms with E-state index in [1.807, 2.05) is 13.0 Å². The first kappa shape index (κ1) is 9.72. The molecule has 0 amide bonds. The van der Waals surface area contributed by atoms with E-state index in [1.54, 1.807) is 0 Å². The molecule has 0 aromatic heterocycles. The SMILES string of the molecule is CC(C=O)=CCc1ccc(C)cc1. The maximum absolute atomic E-state index is 10.3. The Hall–Kier alpha value is -1.37. The molecule has 0 saturated carbocycles. The fourth-order valence-corrected chi connectivity index (χ4v) is 1.05. The van der Waals surface area contributed by atoms with Gasteiger partial charge in [0, 0.05) is 0 Å². The summed E-state index contributed by atoms with van der Waals surface area (Å²) in [7, 11) is 0. The number of hydrogen-bond donors (Lipinski definition) is 0. The van der Waals surface area contributed by atoms with Gasteiger partial charge in [0.15, 0.2) is 0 Å². The van der Waals surface area contributed by atoms with Gasteiger partial charge in [-0.25, -0.2) is 0 Å². The minimum atomic E-state index is 0.792. The fourth-order valence-electron chi connectivity index (χ4n) is 1.05. The first-order valence-corrected chi connectivity index (χ1v) is 4.40. The molecule has 1 aromatic rings. The molecule has 0 atom stereocenters. The van der Waals surface area contributed by atoms with Crippen LogP contribution in [-0.2, 0) is 11.2 Å². The normalized spacial score (nSPS) is 11.4. The van der Waals surface area contributed by atoms with Crippen molar-refractivity contribution in [3.05, 3.63) is 47.0 Å². The van der Waals surface area contributed by atoms with Gasteiger partial charge in [-0.1, -0.05) is 35.9 Å². The molecule has 0 saturated heterocycles. The van der Waals surface area contributed by atoms with E-state index in [9.17, 15) is 4.79 Å². The summed E-state index contributed by atoms with van der Waals surface area (Å²) in [6.45, 7) is 3.89. The number of benzene rings is 1. The number of carbonyl (C=O) groups excluding carboxylic acids is 1. The van der Waals surface area contributed by atoms with Crippen LogP contribution < -0.4 is 0 Å². The van der Waals surface area contributed by atoms with Crippen LogP contribution in [0.15, 0.2) is 35.9 Å². The number of aldehydes is 1. The van der Waals surface area contributed by atoms with Gasteiger partial charge in [-0.3, -0.25) is 4.79 Å². The van der Waals surface area contributed by atoms with Crippen LogP contribution in [0.5, 0.6) is 0 Å². The zero-order chi connectivity index (χ0) is 9.68. The third kappa shape index (κ3) is 3.24. The molecule has 0 aliphatic carbocycles. The van der Waals surface area contributed by atoms with Crippen molar-refractivity contribution in [2.75, 3.05) is 0 Å². The fraction of sp³-hybridized carbons (Fsp3) is 0.250. The van der Waals surface area contributed by atoms with E-state index < -0.39 is 0 Å². The van der Waals surface area contributed by atoms with E-state index in [2.05, 4.69) is 31.2 Å². The second kappa shape index (κ2) is 4.61. The Bertz CT molecular complexity index is 306. The third-order valence-corrected chi connectivity index (χ3v) is 1.97. The van der Waals surface area contributed by atoms with Crippen LogP contribution in [0, 0.1) is 6.92 Å². The lowest BCUT2D eigenvalue weighted by Gasteiger charge is -1.97. The van der Waals surface area contributed by atoms with Crippen LogP contribution in [0.1, 0.15) is 18.1 Å².